The van der Waals surface area contributed by atoms with Gasteiger partial charge in [0.05, 0.1) is 7.11 Å². The van der Waals surface area contributed by atoms with E-state index in [-0.39, 0.29) is 11.7 Å². The number of methoxy groups -OCH3 is 1. The van der Waals surface area contributed by atoms with E-state index in [4.69, 9.17) is 4.74 Å². The molecule has 2 atom stereocenters. The van der Waals surface area contributed by atoms with Gasteiger partial charge >= 0.3 is 12.1 Å². The third-order valence-corrected chi connectivity index (χ3v) is 4.98. The Morgan fingerprint density at radius 2 is 1.67 bits per heavy atom. The van der Waals surface area contributed by atoms with E-state index in [1.165, 1.54) is 24.1 Å². The number of hydrogen-bond acceptors (Lipinski definition) is 7. The van der Waals surface area contributed by atoms with E-state index in [0.29, 0.717) is 12.0 Å². The summed E-state index contributed by atoms with van der Waals surface area (Å²) in [5, 5.41) is 15.3. The fraction of sp³-hybridized carbons (Fsp3) is 0.615. The van der Waals surface area contributed by atoms with Crippen molar-refractivity contribution in [2.24, 2.45) is 5.92 Å². The Kier molecular flexibility index (Phi) is 10.8. The first-order chi connectivity index (χ1) is 16.5. The lowest BCUT2D eigenvalue weighted by Crippen LogP contribution is -2.59. The van der Waals surface area contributed by atoms with Crippen molar-refractivity contribution < 1.29 is 33.8 Å². The minimum atomic E-state index is -1.22. The molecule has 202 valence electrons. The Bertz CT molecular complexity index is 932. The van der Waals surface area contributed by atoms with E-state index in [0.717, 1.165) is 0 Å². The van der Waals surface area contributed by atoms with Crippen molar-refractivity contribution >= 4 is 23.9 Å². The van der Waals surface area contributed by atoms with Crippen LogP contribution in [0.25, 0.3) is 0 Å². The first-order valence-corrected chi connectivity index (χ1v) is 11.9. The number of carbonyl (C=O) groups is 4. The van der Waals surface area contributed by atoms with Crippen molar-refractivity contribution in [3.05, 3.63) is 29.8 Å². The average molecular weight is 508 g/mol. The quantitative estimate of drug-likeness (QED) is 0.437. The molecule has 0 radical (unpaired) electrons. The van der Waals surface area contributed by atoms with Gasteiger partial charge in [-0.15, -0.1) is 0 Å². The first-order valence-electron chi connectivity index (χ1n) is 11.9. The Morgan fingerprint density at radius 1 is 1.06 bits per heavy atom. The molecule has 1 aromatic carbocycles. The summed E-state index contributed by atoms with van der Waals surface area (Å²) in [6.45, 7) is 13.9. The predicted molar refractivity (Wildman–Crippen MR) is 135 cm³/mol. The maximum Gasteiger partial charge on any atom is 0.408 e. The van der Waals surface area contributed by atoms with Gasteiger partial charge in [0, 0.05) is 5.54 Å². The number of hydrogen-bond donors (Lipinski definition) is 3. The topological polar surface area (TPSA) is 134 Å². The molecule has 2 unspecified atom stereocenters. The molecule has 1 rings (SSSR count). The lowest BCUT2D eigenvalue weighted by Gasteiger charge is -2.43. The van der Waals surface area contributed by atoms with Crippen LogP contribution in [0.15, 0.2) is 24.3 Å². The number of amides is 3. The molecular formula is C26H41N3O7. The van der Waals surface area contributed by atoms with E-state index in [1.807, 2.05) is 13.8 Å². The van der Waals surface area contributed by atoms with Crippen LogP contribution in [0.1, 0.15) is 73.4 Å². The Labute approximate surface area is 213 Å². The van der Waals surface area contributed by atoms with Crippen LogP contribution in [-0.2, 0) is 23.9 Å². The summed E-state index contributed by atoms with van der Waals surface area (Å²) in [7, 11) is 1.20. The molecule has 0 aliphatic carbocycles. The van der Waals surface area contributed by atoms with Crippen LogP contribution in [0.4, 0.5) is 4.79 Å². The minimum absolute atomic E-state index is 0.0306. The number of alkyl carbamates (subject to hydrolysis) is 1. The third kappa shape index (κ3) is 9.75. The van der Waals surface area contributed by atoms with Crippen molar-refractivity contribution in [3.8, 4) is 5.75 Å². The van der Waals surface area contributed by atoms with Crippen LogP contribution in [-0.4, -0.2) is 64.7 Å². The van der Waals surface area contributed by atoms with Gasteiger partial charge in [0.25, 0.3) is 0 Å². The molecule has 3 amide bonds. The molecule has 3 N–H and O–H groups in total. The maximum atomic E-state index is 14.0. The number of benzene rings is 1. The molecule has 0 fully saturated rings. The number of aromatic hydroxyl groups is 1. The highest BCUT2D eigenvalue weighted by Gasteiger charge is 2.42. The maximum absolute atomic E-state index is 14.0. The Balaban J connectivity index is 3.55. The highest BCUT2D eigenvalue weighted by molar-refractivity contribution is 5.93. The zero-order chi connectivity index (χ0) is 27.8. The Morgan fingerprint density at radius 3 is 2.14 bits per heavy atom. The van der Waals surface area contributed by atoms with E-state index in [9.17, 15) is 24.3 Å². The molecule has 10 nitrogen and oxygen atoms in total. The second-order valence-corrected chi connectivity index (χ2v) is 11.0. The number of esters is 1. The molecule has 0 aliphatic heterocycles. The summed E-state index contributed by atoms with van der Waals surface area (Å²) >= 11 is 0. The molecule has 1 aromatic rings. The lowest BCUT2D eigenvalue weighted by atomic mass is 9.93. The summed E-state index contributed by atoms with van der Waals surface area (Å²) in [5.41, 5.74) is -1.33. The van der Waals surface area contributed by atoms with Gasteiger partial charge in [0.1, 0.15) is 30.0 Å². The van der Waals surface area contributed by atoms with Gasteiger partial charge < -0.3 is 30.1 Å². The number of phenols is 1. The SMILES string of the molecule is COC(=O)CNC(=O)C(c1cccc(O)c1)N(C(=O)C(CC(C)C)NC(=O)OC(C)(C)C)C(C)(C)C. The van der Waals surface area contributed by atoms with Crippen LogP contribution in [0.2, 0.25) is 0 Å². The van der Waals surface area contributed by atoms with Gasteiger partial charge in [0.2, 0.25) is 11.8 Å². The zero-order valence-corrected chi connectivity index (χ0v) is 22.8. The van der Waals surface area contributed by atoms with Crippen LogP contribution < -0.4 is 10.6 Å². The Hall–Kier alpha value is -3.30. The molecule has 0 bridgehead atoms. The monoisotopic (exact) mass is 507 g/mol. The molecule has 10 heteroatoms. The van der Waals surface area contributed by atoms with Crippen molar-refractivity contribution in [1.82, 2.24) is 15.5 Å². The van der Waals surface area contributed by atoms with Gasteiger partial charge in [-0.2, -0.15) is 0 Å². The molecule has 0 aliphatic rings. The highest BCUT2D eigenvalue weighted by Crippen LogP contribution is 2.32. The molecule has 0 spiro atoms. The largest absolute Gasteiger partial charge is 0.508 e. The number of carbonyl (C=O) groups excluding carboxylic acids is 4. The predicted octanol–water partition coefficient (Wildman–Crippen LogP) is 3.29. The second kappa shape index (κ2) is 12.6. The van der Waals surface area contributed by atoms with E-state index in [1.54, 1.807) is 53.7 Å². The first kappa shape index (κ1) is 30.7. The van der Waals surface area contributed by atoms with Gasteiger partial charge in [-0.25, -0.2) is 4.79 Å². The summed E-state index contributed by atoms with van der Waals surface area (Å²) in [5.74, 6) is -1.87. The van der Waals surface area contributed by atoms with Crippen LogP contribution in [0, 0.1) is 5.92 Å². The minimum Gasteiger partial charge on any atom is -0.508 e. The lowest BCUT2D eigenvalue weighted by molar-refractivity contribution is -0.149. The number of rotatable bonds is 9. The summed E-state index contributed by atoms with van der Waals surface area (Å²) in [6, 6.07) is 3.78. The van der Waals surface area contributed by atoms with Gasteiger partial charge in [0.15, 0.2) is 0 Å². The van der Waals surface area contributed by atoms with Crippen LogP contribution in [0.5, 0.6) is 5.75 Å². The van der Waals surface area contributed by atoms with E-state index < -0.39 is 53.6 Å². The number of phenolic OH excluding ortho intramolecular Hbond substituents is 1. The summed E-state index contributed by atoms with van der Waals surface area (Å²) < 4.78 is 9.98. The van der Waals surface area contributed by atoms with E-state index >= 15 is 0 Å². The molecule has 0 heterocycles. The van der Waals surface area contributed by atoms with Crippen LogP contribution in [0.3, 0.4) is 0 Å². The normalized spacial score (nSPS) is 13.4. The second-order valence-electron chi connectivity index (χ2n) is 11.0. The molecular weight excluding hydrogens is 466 g/mol. The summed E-state index contributed by atoms with van der Waals surface area (Å²) in [4.78, 5) is 53.1. The molecule has 0 saturated heterocycles. The van der Waals surface area contributed by atoms with E-state index in [2.05, 4.69) is 15.4 Å². The smallest absolute Gasteiger partial charge is 0.408 e. The number of ether oxygens (including phenoxy) is 2. The van der Waals surface area contributed by atoms with Crippen LogP contribution >= 0.6 is 0 Å². The fourth-order valence-electron chi connectivity index (χ4n) is 3.60. The van der Waals surface area contributed by atoms with Crippen molar-refractivity contribution in [3.63, 3.8) is 0 Å². The third-order valence-electron chi connectivity index (χ3n) is 4.98. The van der Waals surface area contributed by atoms with Gasteiger partial charge in [-0.05, 0) is 71.6 Å². The molecule has 0 saturated carbocycles. The zero-order valence-electron chi connectivity index (χ0n) is 22.8. The van der Waals surface area contributed by atoms with Gasteiger partial charge in [-0.1, -0.05) is 26.0 Å². The summed E-state index contributed by atoms with van der Waals surface area (Å²) in [6.07, 6.45) is -0.458. The highest BCUT2D eigenvalue weighted by atomic mass is 16.6. The average Bonchev–Trinajstić information content (AvgIpc) is 2.71. The molecule has 36 heavy (non-hydrogen) atoms. The van der Waals surface area contributed by atoms with Crippen molar-refractivity contribution in [1.29, 1.82) is 0 Å². The number of nitrogens with one attached hydrogen (secondary N) is 2. The van der Waals surface area contributed by atoms with Crippen molar-refractivity contribution in [2.75, 3.05) is 13.7 Å². The fourth-order valence-corrected chi connectivity index (χ4v) is 3.60. The standard InChI is InChI=1S/C26H41N3O7/c1-16(2)13-19(28-24(34)36-26(6,7)8)23(33)29(25(3,4)5)21(17-11-10-12-18(30)14-17)22(32)27-15-20(31)35-9/h10-12,14,16,19,21,30H,13,15H2,1-9H3,(H,27,32)(H,28,34). The number of nitrogens with zero attached hydrogens (tertiary/aromatic N) is 1. The molecule has 0 aromatic heterocycles. The van der Waals surface area contributed by atoms with Crippen molar-refractivity contribution in [2.45, 2.75) is 85.0 Å². The van der Waals surface area contributed by atoms with Gasteiger partial charge in [-0.3, -0.25) is 14.4 Å².